The number of nitrogens with zero attached hydrogens (tertiary/aromatic N) is 1. The van der Waals surface area contributed by atoms with Gasteiger partial charge in [0.25, 0.3) is 5.91 Å². The normalized spacial score (nSPS) is 18.0. The van der Waals surface area contributed by atoms with Crippen LogP contribution in [-0.4, -0.2) is 5.91 Å². The maximum Gasteiger partial charge on any atom is 0.253 e. The summed E-state index contributed by atoms with van der Waals surface area (Å²) in [6, 6.07) is 13.4. The Bertz CT molecular complexity index is 629. The maximum atomic E-state index is 13.8. The fraction of sp³-hybridized carbons (Fsp3) is 0.0714. The van der Waals surface area contributed by atoms with E-state index in [2.05, 4.69) is 0 Å². The minimum atomic E-state index is -0.653. The van der Waals surface area contributed by atoms with E-state index in [1.807, 2.05) is 6.07 Å². The van der Waals surface area contributed by atoms with Crippen molar-refractivity contribution in [3.63, 3.8) is 0 Å². The lowest BCUT2D eigenvalue weighted by atomic mass is 9.92. The number of amides is 1. The zero-order chi connectivity index (χ0) is 12.7. The Kier molecular flexibility index (Phi) is 2.56. The molecule has 0 aromatic heterocycles. The molecule has 1 aliphatic rings. The van der Waals surface area contributed by atoms with Crippen LogP contribution < -0.4 is 4.42 Å². The van der Waals surface area contributed by atoms with Crippen molar-refractivity contribution in [1.82, 2.24) is 0 Å². The number of anilines is 1. The average molecular weight is 262 g/mol. The van der Waals surface area contributed by atoms with Crippen LogP contribution in [0.2, 0.25) is 0 Å². The Morgan fingerprint density at radius 2 is 1.61 bits per heavy atom. The molecule has 0 bridgehead atoms. The van der Waals surface area contributed by atoms with Crippen LogP contribution >= 0.6 is 11.8 Å². The maximum absolute atomic E-state index is 13.8. The van der Waals surface area contributed by atoms with Crippen LogP contribution in [0.4, 0.5) is 10.1 Å². The van der Waals surface area contributed by atoms with Gasteiger partial charge in [-0.3, -0.25) is 4.79 Å². The lowest BCUT2D eigenvalue weighted by molar-refractivity contribution is -0.117. The lowest BCUT2D eigenvalue weighted by Crippen LogP contribution is -2.20. The van der Waals surface area contributed by atoms with Crippen LogP contribution in [0.5, 0.6) is 0 Å². The zero-order valence-corrected chi connectivity index (χ0v) is 10.1. The first kappa shape index (κ1) is 11.2. The highest BCUT2D eigenvalue weighted by Crippen LogP contribution is 2.42. The first-order chi connectivity index (χ1) is 8.70. The summed E-state index contributed by atoms with van der Waals surface area (Å²) in [6.07, 6.45) is 0. The zero-order valence-electron chi connectivity index (χ0n) is 9.31. The van der Waals surface area contributed by atoms with E-state index < -0.39 is 11.7 Å². The van der Waals surface area contributed by atoms with Crippen LogP contribution in [-0.2, 0) is 4.79 Å². The van der Waals surface area contributed by atoms with Crippen LogP contribution in [0.3, 0.4) is 0 Å². The van der Waals surface area contributed by atoms with Crippen LogP contribution in [0.15, 0.2) is 48.5 Å². The van der Waals surface area contributed by atoms with Crippen LogP contribution in [0.1, 0.15) is 17.0 Å². The van der Waals surface area contributed by atoms with Gasteiger partial charge in [-0.2, -0.15) is 0 Å². The topological polar surface area (TPSA) is 20.3 Å². The Morgan fingerprint density at radius 1 is 1.00 bits per heavy atom. The second-order valence-corrected chi connectivity index (χ2v) is 4.47. The molecule has 2 aromatic rings. The average Bonchev–Trinajstić information content (AvgIpc) is 2.64. The largest absolute Gasteiger partial charge is 0.272 e. The standard InChI is InChI=1S/C14H9ClFNO/c15-17-12-8-4-2-6-10(12)13(14(17)18)9-5-1-3-7-11(9)16/h1-8,13H. The summed E-state index contributed by atoms with van der Waals surface area (Å²) < 4.78 is 14.9. The van der Waals surface area contributed by atoms with Crippen molar-refractivity contribution in [2.45, 2.75) is 5.92 Å². The highest BCUT2D eigenvalue weighted by Gasteiger charge is 2.38. The third kappa shape index (κ3) is 1.51. The summed E-state index contributed by atoms with van der Waals surface area (Å²) in [5.74, 6) is -1.36. The number of para-hydroxylation sites is 1. The van der Waals surface area contributed by atoms with Crippen molar-refractivity contribution < 1.29 is 9.18 Å². The molecule has 0 N–H and O–H groups in total. The van der Waals surface area contributed by atoms with Crippen molar-refractivity contribution in [2.24, 2.45) is 0 Å². The van der Waals surface area contributed by atoms with Crippen molar-refractivity contribution in [1.29, 1.82) is 0 Å². The number of carbonyl (C=O) groups is 1. The highest BCUT2D eigenvalue weighted by molar-refractivity contribution is 6.39. The van der Waals surface area contributed by atoms with Crippen molar-refractivity contribution >= 4 is 23.4 Å². The third-order valence-electron chi connectivity index (χ3n) is 3.12. The number of hydrogen-bond acceptors (Lipinski definition) is 1. The second kappa shape index (κ2) is 4.10. The van der Waals surface area contributed by atoms with Crippen LogP contribution in [0.25, 0.3) is 0 Å². The summed E-state index contributed by atoms with van der Waals surface area (Å²) in [6.45, 7) is 0. The molecule has 2 aromatic carbocycles. The van der Waals surface area contributed by atoms with Crippen molar-refractivity contribution in [2.75, 3.05) is 4.42 Å². The number of rotatable bonds is 1. The van der Waals surface area contributed by atoms with E-state index in [0.29, 0.717) is 11.3 Å². The summed E-state index contributed by atoms with van der Waals surface area (Å²) in [5.41, 5.74) is 1.72. The Labute approximate surface area is 109 Å². The van der Waals surface area contributed by atoms with E-state index >= 15 is 0 Å². The number of halogens is 2. The minimum absolute atomic E-state index is 0.317. The molecule has 0 saturated heterocycles. The number of hydrogen-bond donors (Lipinski definition) is 0. The summed E-state index contributed by atoms with van der Waals surface area (Å²) in [7, 11) is 0. The third-order valence-corrected chi connectivity index (χ3v) is 3.46. The van der Waals surface area contributed by atoms with Gasteiger partial charge in [-0.25, -0.2) is 8.81 Å². The molecule has 2 nitrogen and oxygen atoms in total. The van der Waals surface area contributed by atoms with Gasteiger partial charge in [0.2, 0.25) is 0 Å². The minimum Gasteiger partial charge on any atom is -0.272 e. The lowest BCUT2D eigenvalue weighted by Gasteiger charge is -2.10. The molecule has 3 rings (SSSR count). The molecule has 0 spiro atoms. The molecular formula is C14H9ClFNO. The second-order valence-electron chi connectivity index (χ2n) is 4.13. The van der Waals surface area contributed by atoms with E-state index in [0.717, 1.165) is 9.98 Å². The van der Waals surface area contributed by atoms with E-state index in [1.165, 1.54) is 6.07 Å². The first-order valence-corrected chi connectivity index (χ1v) is 5.87. The summed E-state index contributed by atoms with van der Waals surface area (Å²) >= 11 is 5.95. The fourth-order valence-electron chi connectivity index (χ4n) is 2.29. The van der Waals surface area contributed by atoms with Crippen molar-refractivity contribution in [3.8, 4) is 0 Å². The SMILES string of the molecule is O=C1C(c2ccccc2F)c2ccccc2N1Cl. The molecule has 1 heterocycles. The molecule has 0 saturated carbocycles. The van der Waals surface area contributed by atoms with E-state index in [1.54, 1.807) is 36.4 Å². The Hall–Kier alpha value is -1.87. The van der Waals surface area contributed by atoms with Gasteiger partial charge in [0.05, 0.1) is 11.6 Å². The van der Waals surface area contributed by atoms with Gasteiger partial charge in [-0.05, 0) is 17.7 Å². The van der Waals surface area contributed by atoms with Gasteiger partial charge >= 0.3 is 0 Å². The van der Waals surface area contributed by atoms with Gasteiger partial charge in [-0.15, -0.1) is 0 Å². The van der Waals surface area contributed by atoms with Crippen LogP contribution in [0, 0.1) is 5.82 Å². The number of benzene rings is 2. The monoisotopic (exact) mass is 261 g/mol. The quantitative estimate of drug-likeness (QED) is 0.720. The van der Waals surface area contributed by atoms with E-state index in [9.17, 15) is 9.18 Å². The predicted octanol–water partition coefficient (Wildman–Crippen LogP) is 3.46. The molecule has 90 valence electrons. The van der Waals surface area contributed by atoms with E-state index in [4.69, 9.17) is 11.8 Å². The number of fused-ring (bicyclic) bond motifs is 1. The molecule has 4 heteroatoms. The summed E-state index contributed by atoms with van der Waals surface area (Å²) in [5, 5.41) is 0. The first-order valence-electron chi connectivity index (χ1n) is 5.53. The molecule has 0 radical (unpaired) electrons. The molecule has 1 amide bonds. The van der Waals surface area contributed by atoms with Gasteiger partial charge in [0, 0.05) is 17.3 Å². The smallest absolute Gasteiger partial charge is 0.253 e. The Balaban J connectivity index is 2.20. The molecule has 18 heavy (non-hydrogen) atoms. The van der Waals surface area contributed by atoms with Gasteiger partial charge in [0.1, 0.15) is 5.82 Å². The predicted molar refractivity (Wildman–Crippen MR) is 68.0 cm³/mol. The summed E-state index contributed by atoms with van der Waals surface area (Å²) in [4.78, 5) is 12.1. The molecule has 1 atom stereocenters. The Morgan fingerprint density at radius 3 is 2.33 bits per heavy atom. The fourth-order valence-corrected chi connectivity index (χ4v) is 2.54. The molecule has 1 unspecified atom stereocenters. The molecule has 0 fully saturated rings. The van der Waals surface area contributed by atoms with Gasteiger partial charge in [-0.1, -0.05) is 36.4 Å². The van der Waals surface area contributed by atoms with Crippen molar-refractivity contribution in [3.05, 3.63) is 65.5 Å². The van der Waals surface area contributed by atoms with E-state index in [-0.39, 0.29) is 5.91 Å². The highest BCUT2D eigenvalue weighted by atomic mass is 35.5. The molecular weight excluding hydrogens is 253 g/mol. The molecule has 0 aliphatic carbocycles. The number of carbonyl (C=O) groups excluding carboxylic acids is 1. The van der Waals surface area contributed by atoms with Gasteiger partial charge in [0.15, 0.2) is 0 Å². The van der Waals surface area contributed by atoms with Gasteiger partial charge < -0.3 is 0 Å². The molecule has 1 aliphatic heterocycles.